The van der Waals surface area contributed by atoms with Gasteiger partial charge in [0.05, 0.1) is 0 Å². The Kier molecular flexibility index (Phi) is 2.34. The average molecular weight is 190 g/mol. The van der Waals surface area contributed by atoms with Crippen LogP contribution in [0.5, 0.6) is 0 Å². The van der Waals surface area contributed by atoms with Gasteiger partial charge in [0.1, 0.15) is 5.78 Å². The van der Waals surface area contributed by atoms with E-state index in [4.69, 9.17) is 0 Å². The summed E-state index contributed by atoms with van der Waals surface area (Å²) in [4.78, 5) is 11.8. The first-order chi connectivity index (χ1) is 6.63. The van der Waals surface area contributed by atoms with Gasteiger partial charge in [0.25, 0.3) is 0 Å². The summed E-state index contributed by atoms with van der Waals surface area (Å²) in [5.74, 6) is 0.517. The minimum Gasteiger partial charge on any atom is -0.299 e. The average Bonchev–Trinajstić information content (AvgIpc) is 2.39. The quantitative estimate of drug-likeness (QED) is 0.573. The van der Waals surface area contributed by atoms with Crippen LogP contribution in [0.25, 0.3) is 0 Å². The summed E-state index contributed by atoms with van der Waals surface area (Å²) >= 11 is 0. The summed E-state index contributed by atoms with van der Waals surface area (Å²) in [6.45, 7) is 6.30. The fourth-order valence-electron chi connectivity index (χ4n) is 2.96. The number of ketones is 1. The number of carbonyl (C=O) groups excluding carboxylic acids is 1. The first kappa shape index (κ1) is 9.70. The number of hydrogen-bond acceptors (Lipinski definition) is 1. The van der Waals surface area contributed by atoms with Crippen LogP contribution in [-0.4, -0.2) is 5.78 Å². The van der Waals surface area contributed by atoms with Gasteiger partial charge in [0, 0.05) is 12.3 Å². The zero-order valence-corrected chi connectivity index (χ0v) is 8.88. The molecule has 0 spiro atoms. The Morgan fingerprint density at radius 2 is 2.29 bits per heavy atom. The number of carbonyl (C=O) groups is 1. The summed E-state index contributed by atoms with van der Waals surface area (Å²) in [5.41, 5.74) is 1.24. The van der Waals surface area contributed by atoms with Crippen LogP contribution >= 0.6 is 0 Å². The normalized spacial score (nSPS) is 40.2. The van der Waals surface area contributed by atoms with Crippen LogP contribution in [0.2, 0.25) is 0 Å². The topological polar surface area (TPSA) is 17.1 Å². The summed E-state index contributed by atoms with van der Waals surface area (Å²) in [6, 6.07) is 0. The molecule has 0 aromatic heterocycles. The van der Waals surface area contributed by atoms with Gasteiger partial charge in [-0.15, -0.1) is 0 Å². The molecule has 0 N–H and O–H groups in total. The Balaban J connectivity index is 2.34. The molecular weight excluding hydrogens is 172 g/mol. The van der Waals surface area contributed by atoms with Gasteiger partial charge in [-0.2, -0.15) is 0 Å². The van der Waals surface area contributed by atoms with Crippen molar-refractivity contribution in [3.05, 3.63) is 24.3 Å². The van der Waals surface area contributed by atoms with Crippen molar-refractivity contribution in [1.82, 2.24) is 0 Å². The molecule has 0 aromatic carbocycles. The van der Waals surface area contributed by atoms with Crippen LogP contribution in [0, 0.1) is 11.3 Å². The molecule has 0 bridgehead atoms. The standard InChI is InChI=1S/C13H18O/c1-10-6-4-3-5-8-13(2)9-7-11(14)12(10)13/h4,6,12H,1,3,5,7-9H2,2H3/b6-4-/t12-,13-/m1/s1. The highest BCUT2D eigenvalue weighted by Crippen LogP contribution is 2.48. The number of allylic oxidation sites excluding steroid dienone is 3. The van der Waals surface area contributed by atoms with Crippen LogP contribution < -0.4 is 0 Å². The minimum atomic E-state index is 0.110. The molecule has 0 aromatic rings. The maximum Gasteiger partial charge on any atom is 0.140 e. The van der Waals surface area contributed by atoms with Gasteiger partial charge in [-0.1, -0.05) is 25.7 Å². The molecule has 0 radical (unpaired) electrons. The first-order valence-electron chi connectivity index (χ1n) is 5.51. The molecule has 1 saturated carbocycles. The van der Waals surface area contributed by atoms with E-state index in [2.05, 4.69) is 25.7 Å². The number of rotatable bonds is 0. The number of hydrogen-bond donors (Lipinski definition) is 0. The second kappa shape index (κ2) is 3.38. The van der Waals surface area contributed by atoms with Crippen LogP contribution in [0.3, 0.4) is 0 Å². The Hall–Kier alpha value is -0.850. The van der Waals surface area contributed by atoms with Gasteiger partial charge in [-0.25, -0.2) is 0 Å². The molecule has 2 rings (SSSR count). The second-order valence-electron chi connectivity index (χ2n) is 4.92. The molecule has 0 aliphatic heterocycles. The smallest absolute Gasteiger partial charge is 0.140 e. The van der Waals surface area contributed by atoms with Crippen molar-refractivity contribution in [2.45, 2.75) is 39.0 Å². The minimum absolute atomic E-state index is 0.110. The van der Waals surface area contributed by atoms with E-state index in [1.54, 1.807) is 0 Å². The molecule has 2 aliphatic rings. The van der Waals surface area contributed by atoms with Crippen LogP contribution in [-0.2, 0) is 4.79 Å². The third-order valence-corrected chi connectivity index (χ3v) is 3.78. The molecule has 0 saturated heterocycles. The molecule has 2 aliphatic carbocycles. The highest BCUT2D eigenvalue weighted by atomic mass is 16.1. The van der Waals surface area contributed by atoms with E-state index >= 15 is 0 Å². The number of Topliss-reactive ketones (excluding diaryl/α,β-unsaturated/α-hetero) is 1. The van der Waals surface area contributed by atoms with Crippen molar-refractivity contribution in [2.24, 2.45) is 11.3 Å². The van der Waals surface area contributed by atoms with Crippen LogP contribution in [0.1, 0.15) is 39.0 Å². The molecule has 0 unspecified atom stereocenters. The molecule has 1 nitrogen and oxygen atoms in total. The molecule has 14 heavy (non-hydrogen) atoms. The molecular formula is C13H18O. The van der Waals surface area contributed by atoms with Crippen molar-refractivity contribution in [3.63, 3.8) is 0 Å². The predicted octanol–water partition coefficient (Wildman–Crippen LogP) is 3.27. The molecule has 0 heterocycles. The first-order valence-corrected chi connectivity index (χ1v) is 5.51. The summed E-state index contributed by atoms with van der Waals surface area (Å²) in [5, 5.41) is 0. The maximum atomic E-state index is 11.8. The highest BCUT2D eigenvalue weighted by molar-refractivity contribution is 5.87. The monoisotopic (exact) mass is 190 g/mol. The second-order valence-corrected chi connectivity index (χ2v) is 4.92. The highest BCUT2D eigenvalue weighted by Gasteiger charge is 2.44. The van der Waals surface area contributed by atoms with Crippen molar-refractivity contribution in [2.75, 3.05) is 0 Å². The Labute approximate surface area is 85.9 Å². The fraction of sp³-hybridized carbons (Fsp3) is 0.615. The van der Waals surface area contributed by atoms with E-state index in [9.17, 15) is 4.79 Å². The lowest BCUT2D eigenvalue weighted by atomic mass is 9.71. The lowest BCUT2D eigenvalue weighted by molar-refractivity contribution is -0.120. The maximum absolute atomic E-state index is 11.8. The summed E-state index contributed by atoms with van der Waals surface area (Å²) < 4.78 is 0. The molecule has 2 atom stereocenters. The van der Waals surface area contributed by atoms with Gasteiger partial charge in [-0.3, -0.25) is 4.79 Å². The van der Waals surface area contributed by atoms with Crippen molar-refractivity contribution >= 4 is 5.78 Å². The van der Waals surface area contributed by atoms with Gasteiger partial charge in [0.15, 0.2) is 0 Å². The van der Waals surface area contributed by atoms with E-state index in [0.717, 1.165) is 24.8 Å². The van der Waals surface area contributed by atoms with Gasteiger partial charge >= 0.3 is 0 Å². The largest absolute Gasteiger partial charge is 0.299 e. The Morgan fingerprint density at radius 3 is 3.07 bits per heavy atom. The number of fused-ring (bicyclic) bond motifs is 1. The van der Waals surface area contributed by atoms with Crippen molar-refractivity contribution in [3.8, 4) is 0 Å². The van der Waals surface area contributed by atoms with Crippen LogP contribution in [0.15, 0.2) is 24.3 Å². The zero-order chi connectivity index (χ0) is 10.2. The Bertz CT molecular complexity index is 300. The van der Waals surface area contributed by atoms with Gasteiger partial charge < -0.3 is 0 Å². The predicted molar refractivity (Wildman–Crippen MR) is 58.0 cm³/mol. The van der Waals surface area contributed by atoms with E-state index < -0.39 is 0 Å². The SMILES string of the molecule is C=C1/C=C\CCC[C@]2(C)CCC(=O)[C@@H]12. The van der Waals surface area contributed by atoms with Crippen molar-refractivity contribution < 1.29 is 4.79 Å². The third-order valence-electron chi connectivity index (χ3n) is 3.78. The van der Waals surface area contributed by atoms with E-state index in [1.165, 1.54) is 12.8 Å². The summed E-state index contributed by atoms with van der Waals surface area (Å²) in [7, 11) is 0. The molecule has 76 valence electrons. The third kappa shape index (κ3) is 1.45. The molecule has 0 amide bonds. The van der Waals surface area contributed by atoms with E-state index in [1.807, 2.05) is 0 Å². The lowest BCUT2D eigenvalue weighted by Crippen LogP contribution is -2.27. The van der Waals surface area contributed by atoms with Gasteiger partial charge in [-0.05, 0) is 36.7 Å². The van der Waals surface area contributed by atoms with E-state index in [0.29, 0.717) is 5.78 Å². The summed E-state index contributed by atoms with van der Waals surface area (Å²) in [6.07, 6.45) is 9.56. The van der Waals surface area contributed by atoms with Crippen molar-refractivity contribution in [1.29, 1.82) is 0 Å². The lowest BCUT2D eigenvalue weighted by Gasteiger charge is -2.32. The van der Waals surface area contributed by atoms with Crippen LogP contribution in [0.4, 0.5) is 0 Å². The molecule has 1 heteroatoms. The fourth-order valence-corrected chi connectivity index (χ4v) is 2.96. The Morgan fingerprint density at radius 1 is 1.50 bits per heavy atom. The molecule has 1 fully saturated rings. The van der Waals surface area contributed by atoms with E-state index in [-0.39, 0.29) is 11.3 Å². The zero-order valence-electron chi connectivity index (χ0n) is 8.88. The van der Waals surface area contributed by atoms with Gasteiger partial charge in [0.2, 0.25) is 0 Å².